The molecular weight excluding hydrogens is 256 g/mol. The van der Waals surface area contributed by atoms with Crippen molar-refractivity contribution in [2.24, 2.45) is 0 Å². The average Bonchev–Trinajstić information content (AvgIpc) is 2.57. The predicted octanol–water partition coefficient (Wildman–Crippen LogP) is -0.676. The van der Waals surface area contributed by atoms with Gasteiger partial charge in [-0.3, -0.25) is 9.59 Å². The van der Waals surface area contributed by atoms with E-state index < -0.39 is 9.84 Å². The SMILES string of the molecule is C=CCN(CC(=O)NC1CCS(=O)(=O)C1)C(C)=O. The molecule has 0 aromatic rings. The second-order valence-corrected chi connectivity index (χ2v) is 6.58. The van der Waals surface area contributed by atoms with Crippen LogP contribution in [-0.4, -0.2) is 55.8 Å². The number of sulfone groups is 1. The molecule has 0 aromatic heterocycles. The van der Waals surface area contributed by atoms with E-state index in [1.807, 2.05) is 0 Å². The van der Waals surface area contributed by atoms with Crippen LogP contribution < -0.4 is 5.32 Å². The van der Waals surface area contributed by atoms with Crippen LogP contribution in [0.3, 0.4) is 0 Å². The van der Waals surface area contributed by atoms with Crippen molar-refractivity contribution in [1.29, 1.82) is 0 Å². The zero-order valence-electron chi connectivity index (χ0n) is 10.4. The largest absolute Gasteiger partial charge is 0.351 e. The molecule has 1 fully saturated rings. The Kier molecular flexibility index (Phi) is 4.89. The zero-order valence-corrected chi connectivity index (χ0v) is 11.2. The first-order chi connectivity index (χ1) is 8.34. The first-order valence-electron chi connectivity index (χ1n) is 5.70. The first kappa shape index (κ1) is 14.7. The molecule has 0 radical (unpaired) electrons. The van der Waals surface area contributed by atoms with Crippen molar-refractivity contribution in [3.8, 4) is 0 Å². The number of nitrogens with one attached hydrogen (secondary N) is 1. The van der Waals surface area contributed by atoms with Crippen molar-refractivity contribution >= 4 is 21.7 Å². The molecule has 1 unspecified atom stereocenters. The van der Waals surface area contributed by atoms with Gasteiger partial charge >= 0.3 is 0 Å². The molecule has 0 saturated carbocycles. The minimum absolute atomic E-state index is 0.0136. The van der Waals surface area contributed by atoms with E-state index in [1.165, 1.54) is 17.9 Å². The molecule has 1 heterocycles. The summed E-state index contributed by atoms with van der Waals surface area (Å²) in [4.78, 5) is 24.2. The molecule has 1 atom stereocenters. The van der Waals surface area contributed by atoms with Crippen LogP contribution in [0.25, 0.3) is 0 Å². The van der Waals surface area contributed by atoms with Crippen molar-refractivity contribution in [1.82, 2.24) is 10.2 Å². The van der Waals surface area contributed by atoms with Gasteiger partial charge in [0.1, 0.15) is 0 Å². The molecule has 1 aliphatic rings. The Morgan fingerprint density at radius 1 is 1.50 bits per heavy atom. The van der Waals surface area contributed by atoms with Crippen LogP contribution in [0, 0.1) is 0 Å². The molecule has 1 saturated heterocycles. The molecule has 2 amide bonds. The van der Waals surface area contributed by atoms with Crippen LogP contribution >= 0.6 is 0 Å². The Balaban J connectivity index is 2.46. The first-order valence-corrected chi connectivity index (χ1v) is 7.52. The maximum Gasteiger partial charge on any atom is 0.239 e. The Hall–Kier alpha value is -1.37. The lowest BCUT2D eigenvalue weighted by molar-refractivity contribution is -0.134. The third-order valence-electron chi connectivity index (χ3n) is 2.73. The van der Waals surface area contributed by atoms with Gasteiger partial charge in [-0.1, -0.05) is 6.08 Å². The van der Waals surface area contributed by atoms with Gasteiger partial charge in [-0.2, -0.15) is 0 Å². The van der Waals surface area contributed by atoms with E-state index in [0.29, 0.717) is 13.0 Å². The number of hydrogen-bond acceptors (Lipinski definition) is 4. The van der Waals surface area contributed by atoms with Crippen LogP contribution in [0.2, 0.25) is 0 Å². The highest BCUT2D eigenvalue weighted by molar-refractivity contribution is 7.91. The van der Waals surface area contributed by atoms with Gasteiger partial charge < -0.3 is 10.2 Å². The van der Waals surface area contributed by atoms with Crippen LogP contribution in [0.4, 0.5) is 0 Å². The number of amides is 2. The van der Waals surface area contributed by atoms with Crippen LogP contribution in [-0.2, 0) is 19.4 Å². The van der Waals surface area contributed by atoms with Gasteiger partial charge in [0.2, 0.25) is 11.8 Å². The van der Waals surface area contributed by atoms with E-state index in [1.54, 1.807) is 0 Å². The molecule has 102 valence electrons. The van der Waals surface area contributed by atoms with Gasteiger partial charge in [0.25, 0.3) is 0 Å². The molecule has 6 nitrogen and oxygen atoms in total. The Morgan fingerprint density at radius 2 is 2.17 bits per heavy atom. The monoisotopic (exact) mass is 274 g/mol. The van der Waals surface area contributed by atoms with Gasteiger partial charge in [-0.15, -0.1) is 6.58 Å². The van der Waals surface area contributed by atoms with Crippen molar-refractivity contribution in [2.75, 3.05) is 24.6 Å². The fourth-order valence-electron chi connectivity index (χ4n) is 1.82. The molecule has 0 aliphatic carbocycles. The third-order valence-corrected chi connectivity index (χ3v) is 4.49. The molecular formula is C11H18N2O4S. The van der Waals surface area contributed by atoms with Gasteiger partial charge in [-0.05, 0) is 6.42 Å². The quantitative estimate of drug-likeness (QED) is 0.674. The second-order valence-electron chi connectivity index (χ2n) is 4.36. The maximum atomic E-state index is 11.7. The van der Waals surface area contributed by atoms with Gasteiger partial charge in [0.05, 0.1) is 18.1 Å². The van der Waals surface area contributed by atoms with Crippen molar-refractivity contribution < 1.29 is 18.0 Å². The highest BCUT2D eigenvalue weighted by atomic mass is 32.2. The van der Waals surface area contributed by atoms with E-state index >= 15 is 0 Å². The average molecular weight is 274 g/mol. The Bertz CT molecular complexity index is 444. The summed E-state index contributed by atoms with van der Waals surface area (Å²) in [5.41, 5.74) is 0. The number of rotatable bonds is 5. The third kappa shape index (κ3) is 4.48. The summed E-state index contributed by atoms with van der Waals surface area (Å²) in [6.45, 7) is 5.11. The molecule has 0 bridgehead atoms. The van der Waals surface area contributed by atoms with Gasteiger partial charge in [0.15, 0.2) is 9.84 Å². The van der Waals surface area contributed by atoms with Crippen molar-refractivity contribution in [3.05, 3.63) is 12.7 Å². The molecule has 0 spiro atoms. The number of hydrogen-bond donors (Lipinski definition) is 1. The number of carbonyl (C=O) groups is 2. The van der Waals surface area contributed by atoms with E-state index in [-0.39, 0.29) is 35.9 Å². The van der Waals surface area contributed by atoms with Crippen molar-refractivity contribution in [2.45, 2.75) is 19.4 Å². The lowest BCUT2D eigenvalue weighted by Gasteiger charge is -2.19. The Morgan fingerprint density at radius 3 is 2.61 bits per heavy atom. The standard InChI is InChI=1S/C11H18N2O4S/c1-3-5-13(9(2)14)7-11(15)12-10-4-6-18(16,17)8-10/h3,10H,1,4-8H2,2H3,(H,12,15). The van der Waals surface area contributed by atoms with E-state index in [4.69, 9.17) is 0 Å². The van der Waals surface area contributed by atoms with Crippen LogP contribution in [0.15, 0.2) is 12.7 Å². The minimum atomic E-state index is -3.01. The van der Waals surface area contributed by atoms with Gasteiger partial charge in [-0.25, -0.2) is 8.42 Å². The fourth-order valence-corrected chi connectivity index (χ4v) is 3.49. The van der Waals surface area contributed by atoms with E-state index in [2.05, 4.69) is 11.9 Å². The maximum absolute atomic E-state index is 11.7. The number of nitrogens with zero attached hydrogens (tertiary/aromatic N) is 1. The molecule has 18 heavy (non-hydrogen) atoms. The molecule has 1 N–H and O–H groups in total. The predicted molar refractivity (Wildman–Crippen MR) is 67.7 cm³/mol. The molecule has 1 aliphatic heterocycles. The highest BCUT2D eigenvalue weighted by Crippen LogP contribution is 2.11. The highest BCUT2D eigenvalue weighted by Gasteiger charge is 2.29. The fraction of sp³-hybridized carbons (Fsp3) is 0.636. The lowest BCUT2D eigenvalue weighted by Crippen LogP contribution is -2.44. The summed E-state index contributed by atoms with van der Waals surface area (Å²) >= 11 is 0. The normalized spacial score (nSPS) is 21.3. The van der Waals surface area contributed by atoms with Crippen LogP contribution in [0.5, 0.6) is 0 Å². The lowest BCUT2D eigenvalue weighted by atomic mass is 10.2. The number of carbonyl (C=O) groups excluding carboxylic acids is 2. The molecule has 1 rings (SSSR count). The van der Waals surface area contributed by atoms with Crippen molar-refractivity contribution in [3.63, 3.8) is 0 Å². The summed E-state index contributed by atoms with van der Waals surface area (Å²) in [5.74, 6) is -0.459. The topological polar surface area (TPSA) is 83.6 Å². The minimum Gasteiger partial charge on any atom is -0.351 e. The smallest absolute Gasteiger partial charge is 0.239 e. The zero-order chi connectivity index (χ0) is 13.8. The summed E-state index contributed by atoms with van der Waals surface area (Å²) in [7, 11) is -3.01. The molecule has 7 heteroatoms. The Labute approximate surface area is 107 Å². The summed E-state index contributed by atoms with van der Waals surface area (Å²) in [6.07, 6.45) is 1.98. The molecule has 0 aromatic carbocycles. The summed E-state index contributed by atoms with van der Waals surface area (Å²) in [6, 6.07) is -0.333. The summed E-state index contributed by atoms with van der Waals surface area (Å²) in [5, 5.41) is 2.63. The summed E-state index contributed by atoms with van der Waals surface area (Å²) < 4.78 is 22.5. The van der Waals surface area contributed by atoms with E-state index in [9.17, 15) is 18.0 Å². The van der Waals surface area contributed by atoms with Crippen LogP contribution in [0.1, 0.15) is 13.3 Å². The van der Waals surface area contributed by atoms with Gasteiger partial charge in [0, 0.05) is 19.5 Å². The van der Waals surface area contributed by atoms with E-state index in [0.717, 1.165) is 0 Å². The second kappa shape index (κ2) is 5.99.